The molecule has 2 rings (SSSR count). The highest BCUT2D eigenvalue weighted by Crippen LogP contribution is 2.30. The Morgan fingerprint density at radius 3 is 2.47 bits per heavy atom. The highest BCUT2D eigenvalue weighted by molar-refractivity contribution is 5.95. The van der Waals surface area contributed by atoms with Crippen molar-refractivity contribution >= 4 is 16.9 Å². The predicted molar refractivity (Wildman–Crippen MR) is 60.9 cm³/mol. The number of esters is 1. The molecule has 1 heterocycles. The van der Waals surface area contributed by atoms with Gasteiger partial charge in [-0.05, 0) is 12.1 Å². The van der Waals surface area contributed by atoms with E-state index < -0.39 is 28.8 Å². The second-order valence-electron chi connectivity index (χ2n) is 3.74. The molecule has 4 nitrogen and oxygen atoms in total. The number of fused-ring (bicyclic) bond motifs is 1. The molecule has 0 saturated heterocycles. The zero-order chi connectivity index (χ0) is 14.2. The topological polar surface area (TPSA) is 59.2 Å². The summed E-state index contributed by atoms with van der Waals surface area (Å²) >= 11 is 0. The van der Waals surface area contributed by atoms with Gasteiger partial charge < -0.3 is 9.72 Å². The molecule has 1 N–H and O–H groups in total. The average Bonchev–Trinajstić information content (AvgIpc) is 2.37. The third-order valence-corrected chi connectivity index (χ3v) is 2.58. The Balaban J connectivity index is 2.93. The molecule has 0 aliphatic carbocycles. The Labute approximate surface area is 104 Å². The quantitative estimate of drug-likeness (QED) is 0.810. The van der Waals surface area contributed by atoms with Crippen molar-refractivity contribution in [1.29, 1.82) is 0 Å². The van der Waals surface area contributed by atoms with E-state index in [-0.39, 0.29) is 10.9 Å². The first-order valence-electron chi connectivity index (χ1n) is 5.16. The molecule has 1 aromatic heterocycles. The number of methoxy groups -OCH3 is 1. The number of carbonyl (C=O) groups excluding carboxylic acids is 1. The van der Waals surface area contributed by atoms with Crippen LogP contribution in [0.15, 0.2) is 29.1 Å². The van der Waals surface area contributed by atoms with Crippen LogP contribution in [0.2, 0.25) is 0 Å². The second-order valence-corrected chi connectivity index (χ2v) is 3.74. The number of ether oxygens (including phenoxy) is 1. The number of para-hydroxylation sites is 1. The van der Waals surface area contributed by atoms with E-state index >= 15 is 0 Å². The van der Waals surface area contributed by atoms with Gasteiger partial charge in [0.05, 0.1) is 7.11 Å². The summed E-state index contributed by atoms with van der Waals surface area (Å²) in [7, 11) is 0.914. The molecule has 0 saturated carbocycles. The zero-order valence-corrected chi connectivity index (χ0v) is 9.67. The summed E-state index contributed by atoms with van der Waals surface area (Å²) in [6.45, 7) is 0. The van der Waals surface area contributed by atoms with Gasteiger partial charge in [-0.3, -0.25) is 4.79 Å². The van der Waals surface area contributed by atoms with Crippen LogP contribution < -0.4 is 5.43 Å². The molecule has 0 amide bonds. The molecule has 7 heteroatoms. The van der Waals surface area contributed by atoms with Crippen LogP contribution in [0.1, 0.15) is 16.1 Å². The highest BCUT2D eigenvalue weighted by atomic mass is 19.4. The summed E-state index contributed by atoms with van der Waals surface area (Å²) in [5.41, 5.74) is -3.43. The van der Waals surface area contributed by atoms with Crippen LogP contribution in [0.25, 0.3) is 10.9 Å². The number of aromatic amines is 1. The number of aromatic nitrogens is 1. The van der Waals surface area contributed by atoms with E-state index in [4.69, 9.17) is 0 Å². The summed E-state index contributed by atoms with van der Waals surface area (Å²) in [6.07, 6.45) is -4.85. The second kappa shape index (κ2) is 4.42. The first-order chi connectivity index (χ1) is 8.86. The van der Waals surface area contributed by atoms with Gasteiger partial charge >= 0.3 is 12.1 Å². The van der Waals surface area contributed by atoms with E-state index in [0.717, 1.165) is 7.11 Å². The number of rotatable bonds is 1. The molecule has 100 valence electrons. The minimum Gasteiger partial charge on any atom is -0.465 e. The first kappa shape index (κ1) is 13.1. The van der Waals surface area contributed by atoms with E-state index in [1.807, 2.05) is 0 Å². The number of benzene rings is 1. The van der Waals surface area contributed by atoms with E-state index in [1.165, 1.54) is 24.3 Å². The molecule has 19 heavy (non-hydrogen) atoms. The van der Waals surface area contributed by atoms with Crippen molar-refractivity contribution in [2.45, 2.75) is 6.18 Å². The van der Waals surface area contributed by atoms with E-state index in [0.29, 0.717) is 0 Å². The summed E-state index contributed by atoms with van der Waals surface area (Å²) < 4.78 is 42.9. The lowest BCUT2D eigenvalue weighted by atomic mass is 10.1. The molecule has 0 aliphatic heterocycles. The van der Waals surface area contributed by atoms with Crippen molar-refractivity contribution in [1.82, 2.24) is 4.98 Å². The van der Waals surface area contributed by atoms with Gasteiger partial charge in [-0.1, -0.05) is 12.1 Å². The predicted octanol–water partition coefficient (Wildman–Crippen LogP) is 2.33. The van der Waals surface area contributed by atoms with Crippen LogP contribution in [0.3, 0.4) is 0 Å². The van der Waals surface area contributed by atoms with Gasteiger partial charge in [-0.25, -0.2) is 4.79 Å². The van der Waals surface area contributed by atoms with E-state index in [2.05, 4.69) is 9.72 Å². The molecule has 2 aromatic rings. The van der Waals surface area contributed by atoms with Crippen LogP contribution in [0.4, 0.5) is 13.2 Å². The average molecular weight is 271 g/mol. The molecular formula is C12H8F3NO3. The third kappa shape index (κ3) is 2.18. The lowest BCUT2D eigenvalue weighted by Crippen LogP contribution is -2.25. The third-order valence-electron chi connectivity index (χ3n) is 2.58. The molecule has 0 spiro atoms. The molecule has 0 unspecified atom stereocenters. The van der Waals surface area contributed by atoms with Crippen molar-refractivity contribution in [2.24, 2.45) is 0 Å². The Morgan fingerprint density at radius 1 is 1.26 bits per heavy atom. The van der Waals surface area contributed by atoms with Crippen LogP contribution in [-0.2, 0) is 10.9 Å². The minimum atomic E-state index is -4.85. The number of nitrogens with one attached hydrogen (secondary N) is 1. The molecule has 0 aliphatic rings. The maximum atomic E-state index is 12.9. The number of carbonyl (C=O) groups is 1. The van der Waals surface area contributed by atoms with E-state index in [1.54, 1.807) is 0 Å². The van der Waals surface area contributed by atoms with Crippen molar-refractivity contribution in [3.63, 3.8) is 0 Å². The van der Waals surface area contributed by atoms with Gasteiger partial charge in [0, 0.05) is 10.9 Å². The summed E-state index contributed by atoms with van der Waals surface area (Å²) in [5, 5.41) is -0.00380. The standard InChI is InChI=1S/C12H8F3NO3/c1-19-11(18)8-9(17)6-4-2-3-5-7(6)16-10(8)12(13,14)15/h2-5H,1H3,(H,16,17). The normalized spacial score (nSPS) is 11.6. The van der Waals surface area contributed by atoms with Crippen molar-refractivity contribution in [3.05, 3.63) is 45.7 Å². The number of halogens is 3. The van der Waals surface area contributed by atoms with E-state index in [9.17, 15) is 22.8 Å². The molecule has 0 fully saturated rings. The van der Waals surface area contributed by atoms with Crippen molar-refractivity contribution in [2.75, 3.05) is 7.11 Å². The van der Waals surface area contributed by atoms with Crippen LogP contribution >= 0.6 is 0 Å². The molecule has 0 bridgehead atoms. The van der Waals surface area contributed by atoms with Crippen molar-refractivity contribution < 1.29 is 22.7 Å². The largest absolute Gasteiger partial charge is 0.465 e. The summed E-state index contributed by atoms with van der Waals surface area (Å²) in [6, 6.07) is 5.63. The van der Waals surface area contributed by atoms with Gasteiger partial charge in [-0.2, -0.15) is 13.2 Å². The fourth-order valence-corrected chi connectivity index (χ4v) is 1.74. The number of hydrogen-bond acceptors (Lipinski definition) is 3. The molecule has 0 radical (unpaired) electrons. The summed E-state index contributed by atoms with van der Waals surface area (Å²) in [4.78, 5) is 25.4. The highest BCUT2D eigenvalue weighted by Gasteiger charge is 2.38. The number of pyridine rings is 1. The van der Waals surface area contributed by atoms with Gasteiger partial charge in [-0.15, -0.1) is 0 Å². The first-order valence-corrected chi connectivity index (χ1v) is 5.16. The lowest BCUT2D eigenvalue weighted by molar-refractivity contribution is -0.141. The number of alkyl halides is 3. The van der Waals surface area contributed by atoms with Gasteiger partial charge in [0.2, 0.25) is 5.43 Å². The van der Waals surface area contributed by atoms with Crippen molar-refractivity contribution in [3.8, 4) is 0 Å². The minimum absolute atomic E-state index is 0.00380. The maximum absolute atomic E-state index is 12.9. The smallest absolute Gasteiger partial charge is 0.432 e. The van der Waals surface area contributed by atoms with Gasteiger partial charge in [0.25, 0.3) is 0 Å². The molecular weight excluding hydrogens is 263 g/mol. The Kier molecular flexibility index (Phi) is 3.05. The molecule has 0 atom stereocenters. The summed E-state index contributed by atoms with van der Waals surface area (Å²) in [5.74, 6) is -1.32. The monoisotopic (exact) mass is 271 g/mol. The Hall–Kier alpha value is -2.31. The fourth-order valence-electron chi connectivity index (χ4n) is 1.74. The van der Waals surface area contributed by atoms with Gasteiger partial charge in [0.1, 0.15) is 11.3 Å². The van der Waals surface area contributed by atoms with Crippen LogP contribution in [0, 0.1) is 0 Å². The lowest BCUT2D eigenvalue weighted by Gasteiger charge is -2.12. The zero-order valence-electron chi connectivity index (χ0n) is 9.67. The molecule has 1 aromatic carbocycles. The fraction of sp³-hybridized carbons (Fsp3) is 0.167. The Morgan fingerprint density at radius 2 is 1.89 bits per heavy atom. The van der Waals surface area contributed by atoms with Gasteiger partial charge in [0.15, 0.2) is 0 Å². The maximum Gasteiger partial charge on any atom is 0.432 e. The Bertz CT molecular complexity index is 703. The number of hydrogen-bond donors (Lipinski definition) is 1. The SMILES string of the molecule is COC(=O)c1c(C(F)(F)F)[nH]c2ccccc2c1=O. The van der Waals surface area contributed by atoms with Crippen LogP contribution in [-0.4, -0.2) is 18.1 Å². The van der Waals surface area contributed by atoms with Crippen LogP contribution in [0.5, 0.6) is 0 Å². The number of H-pyrrole nitrogens is 1.